The summed E-state index contributed by atoms with van der Waals surface area (Å²) < 4.78 is 0. The molecule has 1 saturated carbocycles. The fraction of sp³-hybridized carbons (Fsp3) is 0.600. The van der Waals surface area contributed by atoms with Crippen molar-refractivity contribution in [3.63, 3.8) is 0 Å². The van der Waals surface area contributed by atoms with E-state index in [-0.39, 0.29) is 0 Å². The van der Waals surface area contributed by atoms with Gasteiger partial charge in [0.25, 0.3) is 0 Å². The molecule has 2 rings (SSSR count). The van der Waals surface area contributed by atoms with Crippen LogP contribution in [0.3, 0.4) is 0 Å². The molecule has 0 unspecified atom stereocenters. The molecule has 0 N–H and O–H groups in total. The van der Waals surface area contributed by atoms with Gasteiger partial charge in [0.05, 0.1) is 0 Å². The lowest BCUT2D eigenvalue weighted by atomic mass is 9.79. The summed E-state index contributed by atoms with van der Waals surface area (Å²) in [5.41, 5.74) is 3.03. The van der Waals surface area contributed by atoms with Crippen LogP contribution in [-0.4, -0.2) is 6.26 Å². The summed E-state index contributed by atoms with van der Waals surface area (Å²) in [7, 11) is 0. The summed E-state index contributed by atoms with van der Waals surface area (Å²) in [4.78, 5) is 0. The SMILES string of the molecule is CSCc1ccc(C2CCC(C)CC2)cc1. The monoisotopic (exact) mass is 234 g/mol. The van der Waals surface area contributed by atoms with Crippen molar-refractivity contribution in [2.45, 2.75) is 44.3 Å². The minimum atomic E-state index is 0.833. The molecule has 88 valence electrons. The Morgan fingerprint density at radius 2 is 1.69 bits per heavy atom. The van der Waals surface area contributed by atoms with Gasteiger partial charge in [0.2, 0.25) is 0 Å². The first-order valence-corrected chi connectivity index (χ1v) is 7.76. The van der Waals surface area contributed by atoms with E-state index in [9.17, 15) is 0 Å². The van der Waals surface area contributed by atoms with Crippen LogP contribution in [0, 0.1) is 5.92 Å². The third-order valence-corrected chi connectivity index (χ3v) is 4.40. The normalized spacial score (nSPS) is 25.6. The Morgan fingerprint density at radius 3 is 2.25 bits per heavy atom. The summed E-state index contributed by atoms with van der Waals surface area (Å²) in [5, 5.41) is 0. The molecule has 0 heterocycles. The van der Waals surface area contributed by atoms with Gasteiger partial charge >= 0.3 is 0 Å². The molecule has 0 aromatic heterocycles. The maximum atomic E-state index is 2.39. The van der Waals surface area contributed by atoms with Crippen molar-refractivity contribution in [3.05, 3.63) is 35.4 Å². The zero-order chi connectivity index (χ0) is 11.4. The smallest absolute Gasteiger partial charge is 0.0181 e. The van der Waals surface area contributed by atoms with E-state index in [1.54, 1.807) is 5.56 Å². The second-order valence-electron chi connectivity index (χ2n) is 5.13. The molecule has 1 aromatic carbocycles. The summed E-state index contributed by atoms with van der Waals surface area (Å²) in [6.45, 7) is 2.39. The predicted octanol–water partition coefficient (Wildman–Crippen LogP) is 4.84. The molecule has 0 aliphatic heterocycles. The molecule has 0 radical (unpaired) electrons. The Balaban J connectivity index is 1.98. The highest BCUT2D eigenvalue weighted by Crippen LogP contribution is 2.35. The van der Waals surface area contributed by atoms with Crippen LogP contribution >= 0.6 is 11.8 Å². The van der Waals surface area contributed by atoms with Crippen molar-refractivity contribution >= 4 is 11.8 Å². The van der Waals surface area contributed by atoms with Crippen LogP contribution in [-0.2, 0) is 5.75 Å². The molecule has 0 amide bonds. The Kier molecular flexibility index (Phi) is 4.34. The Morgan fingerprint density at radius 1 is 1.06 bits per heavy atom. The molecule has 1 heteroatoms. The zero-order valence-electron chi connectivity index (χ0n) is 10.4. The maximum Gasteiger partial charge on any atom is 0.0181 e. The highest BCUT2D eigenvalue weighted by Gasteiger charge is 2.19. The van der Waals surface area contributed by atoms with Crippen molar-refractivity contribution in [3.8, 4) is 0 Å². The largest absolute Gasteiger partial charge is 0.161 e. The molecule has 1 aliphatic rings. The highest BCUT2D eigenvalue weighted by molar-refractivity contribution is 7.97. The number of hydrogen-bond acceptors (Lipinski definition) is 1. The molecule has 1 aromatic rings. The maximum absolute atomic E-state index is 2.39. The second-order valence-corrected chi connectivity index (χ2v) is 6.00. The standard InChI is InChI=1S/C15H22S/c1-12-3-7-14(8-4-12)15-9-5-13(6-10-15)11-16-2/h5-6,9-10,12,14H,3-4,7-8,11H2,1-2H3. The van der Waals surface area contributed by atoms with Gasteiger partial charge in [-0.3, -0.25) is 0 Å². The zero-order valence-corrected chi connectivity index (χ0v) is 11.2. The van der Waals surface area contributed by atoms with Crippen LogP contribution in [0.25, 0.3) is 0 Å². The van der Waals surface area contributed by atoms with Gasteiger partial charge in [-0.25, -0.2) is 0 Å². The Bertz CT molecular complexity index is 307. The van der Waals surface area contributed by atoms with E-state index in [2.05, 4.69) is 37.4 Å². The Hall–Kier alpha value is -0.430. The first-order valence-electron chi connectivity index (χ1n) is 6.37. The van der Waals surface area contributed by atoms with Gasteiger partial charge in [-0.1, -0.05) is 44.0 Å². The lowest BCUT2D eigenvalue weighted by Crippen LogP contribution is -2.10. The number of benzene rings is 1. The van der Waals surface area contributed by atoms with Crippen LogP contribution in [0.4, 0.5) is 0 Å². The first-order chi connectivity index (χ1) is 7.79. The van der Waals surface area contributed by atoms with Gasteiger partial charge in [0, 0.05) is 5.75 Å². The number of rotatable bonds is 3. The van der Waals surface area contributed by atoms with Crippen molar-refractivity contribution in [2.75, 3.05) is 6.26 Å². The van der Waals surface area contributed by atoms with Crippen LogP contribution in [0.2, 0.25) is 0 Å². The topological polar surface area (TPSA) is 0 Å². The van der Waals surface area contributed by atoms with Crippen molar-refractivity contribution in [1.82, 2.24) is 0 Å². The molecular formula is C15H22S. The van der Waals surface area contributed by atoms with Gasteiger partial charge in [-0.2, -0.15) is 11.8 Å². The summed E-state index contributed by atoms with van der Waals surface area (Å²) in [5.74, 6) is 2.92. The van der Waals surface area contributed by atoms with E-state index in [4.69, 9.17) is 0 Å². The minimum absolute atomic E-state index is 0.833. The van der Waals surface area contributed by atoms with E-state index >= 15 is 0 Å². The Labute approximate surface area is 104 Å². The minimum Gasteiger partial charge on any atom is -0.161 e. The van der Waals surface area contributed by atoms with Gasteiger partial charge in [-0.05, 0) is 42.1 Å². The molecule has 0 spiro atoms. The molecule has 0 bridgehead atoms. The van der Waals surface area contributed by atoms with Crippen molar-refractivity contribution in [2.24, 2.45) is 5.92 Å². The molecule has 16 heavy (non-hydrogen) atoms. The average molecular weight is 234 g/mol. The first kappa shape index (κ1) is 12.0. The van der Waals surface area contributed by atoms with E-state index < -0.39 is 0 Å². The highest BCUT2D eigenvalue weighted by atomic mass is 32.2. The summed E-state index contributed by atoms with van der Waals surface area (Å²) in [6.07, 6.45) is 7.77. The van der Waals surface area contributed by atoms with Crippen molar-refractivity contribution < 1.29 is 0 Å². The molecule has 1 fully saturated rings. The van der Waals surface area contributed by atoms with Crippen LogP contribution < -0.4 is 0 Å². The van der Waals surface area contributed by atoms with Crippen LogP contribution in [0.5, 0.6) is 0 Å². The fourth-order valence-electron chi connectivity index (χ4n) is 2.65. The number of thioether (sulfide) groups is 1. The molecular weight excluding hydrogens is 212 g/mol. The third kappa shape index (κ3) is 3.04. The van der Waals surface area contributed by atoms with Crippen LogP contribution in [0.1, 0.15) is 49.7 Å². The molecule has 0 nitrogen and oxygen atoms in total. The lowest BCUT2D eigenvalue weighted by molar-refractivity contribution is 0.348. The fourth-order valence-corrected chi connectivity index (χ4v) is 3.17. The molecule has 0 atom stereocenters. The lowest BCUT2D eigenvalue weighted by Gasteiger charge is -2.26. The van der Waals surface area contributed by atoms with E-state index in [1.807, 2.05) is 11.8 Å². The van der Waals surface area contributed by atoms with Gasteiger partial charge < -0.3 is 0 Å². The van der Waals surface area contributed by atoms with Gasteiger partial charge in [0.15, 0.2) is 0 Å². The average Bonchev–Trinajstić information content (AvgIpc) is 2.32. The van der Waals surface area contributed by atoms with Gasteiger partial charge in [0.1, 0.15) is 0 Å². The van der Waals surface area contributed by atoms with Crippen molar-refractivity contribution in [1.29, 1.82) is 0 Å². The number of hydrogen-bond donors (Lipinski definition) is 0. The summed E-state index contributed by atoms with van der Waals surface area (Å²) in [6, 6.07) is 9.33. The second kappa shape index (κ2) is 5.77. The quantitative estimate of drug-likeness (QED) is 0.721. The van der Waals surface area contributed by atoms with E-state index in [0.29, 0.717) is 0 Å². The molecule has 0 saturated heterocycles. The van der Waals surface area contributed by atoms with E-state index in [1.165, 1.54) is 31.2 Å². The van der Waals surface area contributed by atoms with E-state index in [0.717, 1.165) is 17.6 Å². The molecule has 1 aliphatic carbocycles. The summed E-state index contributed by atoms with van der Waals surface area (Å²) >= 11 is 1.90. The van der Waals surface area contributed by atoms with Crippen LogP contribution in [0.15, 0.2) is 24.3 Å². The predicted molar refractivity (Wildman–Crippen MR) is 74.0 cm³/mol. The third-order valence-electron chi connectivity index (χ3n) is 3.78. The van der Waals surface area contributed by atoms with Gasteiger partial charge in [-0.15, -0.1) is 0 Å².